The van der Waals surface area contributed by atoms with Gasteiger partial charge in [0.2, 0.25) is 0 Å². The van der Waals surface area contributed by atoms with Crippen molar-refractivity contribution in [2.24, 2.45) is 0 Å². The van der Waals surface area contributed by atoms with Gasteiger partial charge in [0.05, 0.1) is 23.7 Å². The fourth-order valence-corrected chi connectivity index (χ4v) is 3.42. The molecule has 1 amide bonds. The predicted octanol–water partition coefficient (Wildman–Crippen LogP) is 3.20. The SMILES string of the molecule is O=C(c1ccoc1)N1CCC(NCc2cn[nH]c2-c2ccc(F)cc2)CC1. The second-order valence-corrected chi connectivity index (χ2v) is 6.74. The summed E-state index contributed by atoms with van der Waals surface area (Å²) in [5, 5.41) is 10.7. The van der Waals surface area contributed by atoms with E-state index >= 15 is 0 Å². The average molecular weight is 368 g/mol. The van der Waals surface area contributed by atoms with Crippen LogP contribution >= 0.6 is 0 Å². The minimum atomic E-state index is -0.255. The average Bonchev–Trinajstić information content (AvgIpc) is 3.39. The number of H-pyrrole nitrogens is 1. The van der Waals surface area contributed by atoms with Gasteiger partial charge >= 0.3 is 0 Å². The van der Waals surface area contributed by atoms with Crippen LogP contribution in [0, 0.1) is 5.82 Å². The zero-order valence-electron chi connectivity index (χ0n) is 14.8. The molecule has 0 radical (unpaired) electrons. The van der Waals surface area contributed by atoms with Crippen molar-refractivity contribution in [1.82, 2.24) is 20.4 Å². The fraction of sp³-hybridized carbons (Fsp3) is 0.300. The summed E-state index contributed by atoms with van der Waals surface area (Å²) in [4.78, 5) is 14.2. The van der Waals surface area contributed by atoms with Crippen molar-refractivity contribution < 1.29 is 13.6 Å². The molecule has 0 spiro atoms. The van der Waals surface area contributed by atoms with Crippen LogP contribution in [0.3, 0.4) is 0 Å². The van der Waals surface area contributed by atoms with Crippen LogP contribution in [0.25, 0.3) is 11.3 Å². The van der Waals surface area contributed by atoms with Gasteiger partial charge in [0.1, 0.15) is 12.1 Å². The molecule has 6 nitrogen and oxygen atoms in total. The summed E-state index contributed by atoms with van der Waals surface area (Å²) in [6.07, 6.45) is 6.59. The van der Waals surface area contributed by atoms with E-state index in [2.05, 4.69) is 15.5 Å². The molecule has 1 fully saturated rings. The Morgan fingerprint density at radius 1 is 1.26 bits per heavy atom. The third-order valence-corrected chi connectivity index (χ3v) is 4.98. The Bertz CT molecular complexity index is 881. The van der Waals surface area contributed by atoms with Crippen LogP contribution < -0.4 is 5.32 Å². The van der Waals surface area contributed by atoms with E-state index in [4.69, 9.17) is 4.42 Å². The Morgan fingerprint density at radius 2 is 2.04 bits per heavy atom. The van der Waals surface area contributed by atoms with Crippen molar-refractivity contribution in [2.75, 3.05) is 13.1 Å². The van der Waals surface area contributed by atoms with Gasteiger partial charge in [-0.05, 0) is 43.2 Å². The van der Waals surface area contributed by atoms with Crippen LogP contribution in [0.2, 0.25) is 0 Å². The van der Waals surface area contributed by atoms with Crippen LogP contribution in [-0.2, 0) is 6.54 Å². The molecule has 0 atom stereocenters. The maximum Gasteiger partial charge on any atom is 0.257 e. The zero-order valence-corrected chi connectivity index (χ0v) is 14.8. The highest BCUT2D eigenvalue weighted by Crippen LogP contribution is 2.22. The Kier molecular flexibility index (Phi) is 5.02. The predicted molar refractivity (Wildman–Crippen MR) is 98.5 cm³/mol. The number of nitrogens with zero attached hydrogens (tertiary/aromatic N) is 2. The number of halogens is 1. The third-order valence-electron chi connectivity index (χ3n) is 4.98. The largest absolute Gasteiger partial charge is 0.472 e. The lowest BCUT2D eigenvalue weighted by molar-refractivity contribution is 0.0704. The smallest absolute Gasteiger partial charge is 0.257 e. The number of benzene rings is 1. The highest BCUT2D eigenvalue weighted by molar-refractivity contribution is 5.93. The van der Waals surface area contributed by atoms with Crippen molar-refractivity contribution >= 4 is 5.91 Å². The second kappa shape index (κ2) is 7.75. The molecule has 1 aliphatic heterocycles. The van der Waals surface area contributed by atoms with Gasteiger partial charge in [-0.25, -0.2) is 4.39 Å². The number of piperidine rings is 1. The quantitative estimate of drug-likeness (QED) is 0.725. The summed E-state index contributed by atoms with van der Waals surface area (Å²) in [6, 6.07) is 8.41. The minimum absolute atomic E-state index is 0.0237. The highest BCUT2D eigenvalue weighted by atomic mass is 19.1. The summed E-state index contributed by atoms with van der Waals surface area (Å²) >= 11 is 0. The number of hydrogen-bond donors (Lipinski definition) is 2. The molecule has 0 saturated carbocycles. The van der Waals surface area contributed by atoms with Gasteiger partial charge in [-0.3, -0.25) is 9.89 Å². The minimum Gasteiger partial charge on any atom is -0.472 e. The van der Waals surface area contributed by atoms with Gasteiger partial charge in [0, 0.05) is 36.8 Å². The Morgan fingerprint density at radius 3 is 2.74 bits per heavy atom. The van der Waals surface area contributed by atoms with E-state index in [-0.39, 0.29) is 11.7 Å². The summed E-state index contributed by atoms with van der Waals surface area (Å²) in [5.41, 5.74) is 3.45. The van der Waals surface area contributed by atoms with Crippen LogP contribution in [0.15, 0.2) is 53.5 Å². The number of carbonyl (C=O) groups excluding carboxylic acids is 1. The fourth-order valence-electron chi connectivity index (χ4n) is 3.42. The number of aromatic amines is 1. The number of rotatable bonds is 5. The molecule has 0 unspecified atom stereocenters. The van der Waals surface area contributed by atoms with Crippen molar-refractivity contribution in [3.63, 3.8) is 0 Å². The standard InChI is InChI=1S/C20H21FN4O2/c21-17-3-1-14(2-4-17)19-16(12-23-24-19)11-22-18-5-8-25(9-6-18)20(26)15-7-10-27-13-15/h1-4,7,10,12-13,18,22H,5-6,8-9,11H2,(H,23,24). The second-order valence-electron chi connectivity index (χ2n) is 6.74. The molecule has 3 aromatic rings. The molecule has 0 bridgehead atoms. The van der Waals surface area contributed by atoms with E-state index in [0.29, 0.717) is 18.2 Å². The van der Waals surface area contributed by atoms with Gasteiger partial charge < -0.3 is 14.6 Å². The van der Waals surface area contributed by atoms with E-state index in [1.807, 2.05) is 4.90 Å². The zero-order chi connectivity index (χ0) is 18.6. The van der Waals surface area contributed by atoms with Gasteiger partial charge in [0.25, 0.3) is 5.91 Å². The number of aromatic nitrogens is 2. The molecule has 7 heteroatoms. The van der Waals surface area contributed by atoms with E-state index in [1.54, 1.807) is 24.4 Å². The van der Waals surface area contributed by atoms with Crippen molar-refractivity contribution in [2.45, 2.75) is 25.4 Å². The number of carbonyl (C=O) groups is 1. The van der Waals surface area contributed by atoms with Crippen LogP contribution in [0.4, 0.5) is 4.39 Å². The Labute approximate surface area is 156 Å². The summed E-state index contributed by atoms with van der Waals surface area (Å²) in [7, 11) is 0. The van der Waals surface area contributed by atoms with Gasteiger partial charge in [-0.1, -0.05) is 0 Å². The summed E-state index contributed by atoms with van der Waals surface area (Å²) in [5.74, 6) is -0.231. The monoisotopic (exact) mass is 368 g/mol. The van der Waals surface area contributed by atoms with E-state index in [0.717, 1.165) is 42.8 Å². The van der Waals surface area contributed by atoms with Crippen LogP contribution in [0.1, 0.15) is 28.8 Å². The molecule has 2 N–H and O–H groups in total. The van der Waals surface area contributed by atoms with E-state index < -0.39 is 0 Å². The first kappa shape index (κ1) is 17.5. The highest BCUT2D eigenvalue weighted by Gasteiger charge is 2.24. The van der Waals surface area contributed by atoms with E-state index in [9.17, 15) is 9.18 Å². The van der Waals surface area contributed by atoms with Crippen molar-refractivity contribution in [3.8, 4) is 11.3 Å². The van der Waals surface area contributed by atoms with E-state index in [1.165, 1.54) is 24.7 Å². The molecule has 140 valence electrons. The molecule has 27 heavy (non-hydrogen) atoms. The number of nitrogens with one attached hydrogen (secondary N) is 2. The van der Waals surface area contributed by atoms with Crippen molar-refractivity contribution in [3.05, 3.63) is 66.0 Å². The maximum atomic E-state index is 13.1. The first-order valence-electron chi connectivity index (χ1n) is 9.04. The molecular weight excluding hydrogens is 347 g/mol. The number of hydrogen-bond acceptors (Lipinski definition) is 4. The molecule has 3 heterocycles. The van der Waals surface area contributed by atoms with Crippen LogP contribution in [0.5, 0.6) is 0 Å². The number of likely N-dealkylation sites (tertiary alicyclic amines) is 1. The molecular formula is C20H21FN4O2. The van der Waals surface area contributed by atoms with Gasteiger partial charge in [-0.15, -0.1) is 0 Å². The summed E-state index contributed by atoms with van der Waals surface area (Å²) < 4.78 is 18.1. The molecule has 2 aromatic heterocycles. The first-order chi connectivity index (χ1) is 13.2. The first-order valence-corrected chi connectivity index (χ1v) is 9.04. The summed E-state index contributed by atoms with van der Waals surface area (Å²) in [6.45, 7) is 2.11. The molecule has 4 rings (SSSR count). The Balaban J connectivity index is 1.31. The van der Waals surface area contributed by atoms with Gasteiger partial charge in [-0.2, -0.15) is 5.10 Å². The normalized spacial score (nSPS) is 15.2. The number of furan rings is 1. The molecule has 1 aliphatic rings. The molecule has 1 aromatic carbocycles. The maximum absolute atomic E-state index is 13.1. The topological polar surface area (TPSA) is 74.2 Å². The lowest BCUT2D eigenvalue weighted by Gasteiger charge is -2.32. The lowest BCUT2D eigenvalue weighted by Crippen LogP contribution is -2.44. The Hall–Kier alpha value is -2.93. The third kappa shape index (κ3) is 3.93. The van der Waals surface area contributed by atoms with Gasteiger partial charge in [0.15, 0.2) is 0 Å². The number of amides is 1. The molecule has 0 aliphatic carbocycles. The van der Waals surface area contributed by atoms with Crippen LogP contribution in [-0.4, -0.2) is 40.1 Å². The lowest BCUT2D eigenvalue weighted by atomic mass is 10.0. The molecule has 1 saturated heterocycles. The van der Waals surface area contributed by atoms with Crippen molar-refractivity contribution in [1.29, 1.82) is 0 Å².